The van der Waals surface area contributed by atoms with Crippen molar-refractivity contribution in [1.82, 2.24) is 29.5 Å². The summed E-state index contributed by atoms with van der Waals surface area (Å²) < 4.78 is 6.65. The first-order valence-electron chi connectivity index (χ1n) is 9.20. The molecule has 0 spiro atoms. The molecule has 28 heavy (non-hydrogen) atoms. The van der Waals surface area contributed by atoms with Crippen LogP contribution in [-0.2, 0) is 18.4 Å². The highest BCUT2D eigenvalue weighted by molar-refractivity contribution is 5.98. The molecule has 9 nitrogen and oxygen atoms in total. The van der Waals surface area contributed by atoms with Crippen LogP contribution in [0.25, 0.3) is 0 Å². The summed E-state index contributed by atoms with van der Waals surface area (Å²) in [7, 11) is 4.80. The van der Waals surface area contributed by atoms with E-state index in [1.54, 1.807) is 32.7 Å². The smallest absolute Gasteiger partial charge is 0.261 e. The molecule has 150 valence electrons. The molecule has 0 aromatic carbocycles. The number of hydrogen-bond acceptors (Lipinski definition) is 6. The van der Waals surface area contributed by atoms with Crippen molar-refractivity contribution in [2.24, 2.45) is 7.05 Å². The number of carbonyl (C=O) groups is 2. The fourth-order valence-corrected chi connectivity index (χ4v) is 3.25. The zero-order chi connectivity index (χ0) is 20.1. The van der Waals surface area contributed by atoms with E-state index in [2.05, 4.69) is 15.0 Å². The predicted molar refractivity (Wildman–Crippen MR) is 103 cm³/mol. The van der Waals surface area contributed by atoms with Crippen LogP contribution in [-0.4, -0.2) is 88.2 Å². The molecule has 2 aromatic heterocycles. The number of amides is 2. The number of ether oxygens (including phenoxy) is 1. The zero-order valence-electron chi connectivity index (χ0n) is 16.5. The lowest BCUT2D eigenvalue weighted by Gasteiger charge is -2.35. The number of hydrogen-bond donors (Lipinski definition) is 0. The Bertz CT molecular complexity index is 814. The van der Waals surface area contributed by atoms with E-state index in [0.29, 0.717) is 18.7 Å². The van der Waals surface area contributed by atoms with Gasteiger partial charge in [-0.2, -0.15) is 0 Å². The van der Waals surface area contributed by atoms with Crippen LogP contribution in [0.15, 0.2) is 30.7 Å². The third kappa shape index (κ3) is 4.66. The van der Waals surface area contributed by atoms with Gasteiger partial charge in [-0.25, -0.2) is 0 Å². The number of pyridine rings is 1. The van der Waals surface area contributed by atoms with Gasteiger partial charge in [0.15, 0.2) is 0 Å². The van der Waals surface area contributed by atoms with Crippen LogP contribution < -0.4 is 4.74 Å². The monoisotopic (exact) mass is 386 g/mol. The third-order valence-corrected chi connectivity index (χ3v) is 4.82. The van der Waals surface area contributed by atoms with Gasteiger partial charge >= 0.3 is 0 Å². The molecule has 3 heterocycles. The summed E-state index contributed by atoms with van der Waals surface area (Å²) in [4.78, 5) is 34.8. The average molecular weight is 386 g/mol. The topological polar surface area (TPSA) is 83.8 Å². The van der Waals surface area contributed by atoms with Gasteiger partial charge in [-0.3, -0.25) is 24.2 Å². The minimum atomic E-state index is -0.283. The molecular formula is C19H26N6O3. The van der Waals surface area contributed by atoms with Crippen molar-refractivity contribution in [3.63, 3.8) is 0 Å². The van der Waals surface area contributed by atoms with E-state index in [4.69, 9.17) is 4.74 Å². The summed E-state index contributed by atoms with van der Waals surface area (Å²) in [5.74, 6) is -0.0755. The van der Waals surface area contributed by atoms with Crippen LogP contribution in [0, 0.1) is 0 Å². The van der Waals surface area contributed by atoms with Gasteiger partial charge in [0.05, 0.1) is 13.7 Å². The lowest BCUT2D eigenvalue weighted by Crippen LogP contribution is -2.51. The minimum absolute atomic E-state index is 0.0290. The molecular weight excluding hydrogens is 360 g/mol. The van der Waals surface area contributed by atoms with Gasteiger partial charge in [0, 0.05) is 65.4 Å². The number of carbonyl (C=O) groups excluding carboxylic acids is 2. The van der Waals surface area contributed by atoms with Gasteiger partial charge < -0.3 is 14.5 Å². The van der Waals surface area contributed by atoms with Gasteiger partial charge in [0.1, 0.15) is 5.56 Å². The lowest BCUT2D eigenvalue weighted by atomic mass is 10.2. The molecule has 0 N–H and O–H groups in total. The fraction of sp³-hybridized carbons (Fsp3) is 0.474. The first kappa shape index (κ1) is 19.8. The van der Waals surface area contributed by atoms with Crippen molar-refractivity contribution in [1.29, 1.82) is 0 Å². The molecule has 1 fully saturated rings. The maximum Gasteiger partial charge on any atom is 0.261 e. The Morgan fingerprint density at radius 1 is 1.18 bits per heavy atom. The van der Waals surface area contributed by atoms with Crippen LogP contribution in [0.4, 0.5) is 0 Å². The first-order valence-corrected chi connectivity index (χ1v) is 9.20. The van der Waals surface area contributed by atoms with E-state index in [1.165, 1.54) is 22.3 Å². The normalized spacial score (nSPS) is 14.8. The number of aryl methyl sites for hydroxylation is 1. The van der Waals surface area contributed by atoms with E-state index < -0.39 is 0 Å². The Morgan fingerprint density at radius 3 is 2.50 bits per heavy atom. The summed E-state index contributed by atoms with van der Waals surface area (Å²) in [6, 6.07) is 4.01. The van der Waals surface area contributed by atoms with E-state index in [-0.39, 0.29) is 24.2 Å². The molecule has 0 unspecified atom stereocenters. The van der Waals surface area contributed by atoms with E-state index in [1.807, 2.05) is 17.0 Å². The predicted octanol–water partition coefficient (Wildman–Crippen LogP) is 0.240. The quantitative estimate of drug-likeness (QED) is 0.707. The lowest BCUT2D eigenvalue weighted by molar-refractivity contribution is -0.133. The SMILES string of the molecule is COc1nn(C)cc1C(=O)N(C)CC(=O)N1CCN(Cc2ccncc2)CC1. The molecule has 0 radical (unpaired) electrons. The molecule has 0 bridgehead atoms. The summed E-state index contributed by atoms with van der Waals surface area (Å²) in [5.41, 5.74) is 1.56. The van der Waals surface area contributed by atoms with E-state index in [0.717, 1.165) is 19.6 Å². The van der Waals surface area contributed by atoms with Crippen LogP contribution in [0.3, 0.4) is 0 Å². The highest BCUT2D eigenvalue weighted by atomic mass is 16.5. The average Bonchev–Trinajstić information content (AvgIpc) is 3.09. The van der Waals surface area contributed by atoms with E-state index in [9.17, 15) is 9.59 Å². The highest BCUT2D eigenvalue weighted by Gasteiger charge is 2.25. The molecule has 0 saturated carbocycles. The fourth-order valence-electron chi connectivity index (χ4n) is 3.25. The summed E-state index contributed by atoms with van der Waals surface area (Å²) >= 11 is 0. The number of rotatable bonds is 6. The number of piperazine rings is 1. The van der Waals surface area contributed by atoms with Crippen molar-refractivity contribution < 1.29 is 14.3 Å². The van der Waals surface area contributed by atoms with Gasteiger partial charge in [-0.1, -0.05) is 0 Å². The molecule has 0 atom stereocenters. The zero-order valence-corrected chi connectivity index (χ0v) is 16.5. The number of aromatic nitrogens is 3. The molecule has 1 aliphatic heterocycles. The van der Waals surface area contributed by atoms with Crippen molar-refractivity contribution >= 4 is 11.8 Å². The van der Waals surface area contributed by atoms with Crippen molar-refractivity contribution in [3.8, 4) is 5.88 Å². The summed E-state index contributed by atoms with van der Waals surface area (Å²) in [6.07, 6.45) is 5.18. The number of likely N-dealkylation sites (N-methyl/N-ethyl adjacent to an activating group) is 1. The van der Waals surface area contributed by atoms with Crippen LogP contribution >= 0.6 is 0 Å². The molecule has 9 heteroatoms. The van der Waals surface area contributed by atoms with Gasteiger partial charge in [-0.05, 0) is 17.7 Å². The minimum Gasteiger partial charge on any atom is -0.479 e. The Balaban J connectivity index is 1.50. The number of methoxy groups -OCH3 is 1. The van der Waals surface area contributed by atoms with Crippen LogP contribution in [0.1, 0.15) is 15.9 Å². The third-order valence-electron chi connectivity index (χ3n) is 4.82. The summed E-state index contributed by atoms with van der Waals surface area (Å²) in [5, 5.41) is 4.09. The molecule has 2 aromatic rings. The van der Waals surface area contributed by atoms with Crippen molar-refractivity contribution in [3.05, 3.63) is 41.9 Å². The second-order valence-corrected chi connectivity index (χ2v) is 6.90. The van der Waals surface area contributed by atoms with E-state index >= 15 is 0 Å². The largest absolute Gasteiger partial charge is 0.479 e. The second-order valence-electron chi connectivity index (χ2n) is 6.90. The van der Waals surface area contributed by atoms with Gasteiger partial charge in [0.25, 0.3) is 5.91 Å². The second kappa shape index (κ2) is 8.83. The first-order chi connectivity index (χ1) is 13.5. The molecule has 1 saturated heterocycles. The Morgan fingerprint density at radius 2 is 1.86 bits per heavy atom. The van der Waals surface area contributed by atoms with Crippen LogP contribution in [0.2, 0.25) is 0 Å². The standard InChI is InChI=1S/C19H26N6O3/c1-22(19(27)16-13-23(2)21-18(16)28-3)14-17(26)25-10-8-24(9-11-25)12-15-4-6-20-7-5-15/h4-7,13H,8-12,14H2,1-3H3. The van der Waals surface area contributed by atoms with Gasteiger partial charge in [0.2, 0.25) is 11.8 Å². The molecule has 3 rings (SSSR count). The highest BCUT2D eigenvalue weighted by Crippen LogP contribution is 2.17. The molecule has 2 amide bonds. The molecule has 0 aliphatic carbocycles. The van der Waals surface area contributed by atoms with Crippen LogP contribution in [0.5, 0.6) is 5.88 Å². The maximum absolute atomic E-state index is 12.6. The Kier molecular flexibility index (Phi) is 6.25. The van der Waals surface area contributed by atoms with Gasteiger partial charge in [-0.15, -0.1) is 5.10 Å². The van der Waals surface area contributed by atoms with Crippen molar-refractivity contribution in [2.45, 2.75) is 6.54 Å². The Hall–Kier alpha value is -2.94. The van der Waals surface area contributed by atoms with Crippen molar-refractivity contribution in [2.75, 3.05) is 46.9 Å². The maximum atomic E-state index is 12.6. The summed E-state index contributed by atoms with van der Waals surface area (Å²) in [6.45, 7) is 3.81. The molecule has 1 aliphatic rings. The Labute approximate surface area is 164 Å². The number of nitrogens with zero attached hydrogens (tertiary/aromatic N) is 6.